The second-order valence-corrected chi connectivity index (χ2v) is 7.03. The summed E-state index contributed by atoms with van der Waals surface area (Å²) in [4.78, 5) is 2.19. The van der Waals surface area contributed by atoms with Crippen LogP contribution in [0, 0.1) is 0 Å². The molecule has 2 aromatic rings. The number of nitrogens with zero attached hydrogens (tertiary/aromatic N) is 1. The molecule has 1 aliphatic heterocycles. The standard InChI is InChI=1S/C22H28N2O3/c1-3-11-24(2)14-20-13-21(17-9-7-16(15-25)8-10-17)27-22(26-20)18-5-4-6-19(23)12-18/h3-10,12,20-22,25H,1,11,13-15,23H2,2H3/t20-,21+,22?/m0/s1. The summed E-state index contributed by atoms with van der Waals surface area (Å²) in [6.07, 6.45) is 2.13. The van der Waals surface area contributed by atoms with Gasteiger partial charge in [0.1, 0.15) is 0 Å². The minimum absolute atomic E-state index is 0.0256. The Bertz CT molecular complexity index is 747. The first-order valence-electron chi connectivity index (χ1n) is 9.24. The molecule has 0 saturated carbocycles. The number of aliphatic hydroxyl groups is 1. The number of ether oxygens (including phenoxy) is 2. The largest absolute Gasteiger partial charge is 0.399 e. The number of anilines is 1. The van der Waals surface area contributed by atoms with Gasteiger partial charge in [-0.2, -0.15) is 0 Å². The fraction of sp³-hybridized carbons (Fsp3) is 0.364. The summed E-state index contributed by atoms with van der Waals surface area (Å²) in [7, 11) is 2.06. The van der Waals surface area contributed by atoms with E-state index in [-0.39, 0.29) is 18.8 Å². The van der Waals surface area contributed by atoms with Crippen LogP contribution in [0.15, 0.2) is 61.2 Å². The van der Waals surface area contributed by atoms with E-state index in [2.05, 4.69) is 18.5 Å². The fourth-order valence-electron chi connectivity index (χ4n) is 3.38. The first-order valence-corrected chi connectivity index (χ1v) is 9.24. The third-order valence-corrected chi connectivity index (χ3v) is 4.75. The summed E-state index contributed by atoms with van der Waals surface area (Å²) >= 11 is 0. The van der Waals surface area contributed by atoms with Gasteiger partial charge in [-0.3, -0.25) is 0 Å². The normalized spacial score (nSPS) is 22.7. The van der Waals surface area contributed by atoms with Crippen LogP contribution < -0.4 is 5.73 Å². The molecule has 144 valence electrons. The van der Waals surface area contributed by atoms with Crippen LogP contribution in [0.3, 0.4) is 0 Å². The maximum Gasteiger partial charge on any atom is 0.185 e. The van der Waals surface area contributed by atoms with E-state index < -0.39 is 6.29 Å². The van der Waals surface area contributed by atoms with E-state index in [1.54, 1.807) is 0 Å². The van der Waals surface area contributed by atoms with Crippen molar-refractivity contribution in [3.05, 3.63) is 77.9 Å². The lowest BCUT2D eigenvalue weighted by Crippen LogP contribution is -2.37. The van der Waals surface area contributed by atoms with E-state index in [0.717, 1.165) is 36.2 Å². The van der Waals surface area contributed by atoms with Gasteiger partial charge in [-0.25, -0.2) is 0 Å². The molecule has 0 amide bonds. The van der Waals surface area contributed by atoms with Gasteiger partial charge in [0.25, 0.3) is 0 Å². The predicted octanol–water partition coefficient (Wildman–Crippen LogP) is 3.42. The lowest BCUT2D eigenvalue weighted by Gasteiger charge is -2.37. The molecule has 0 bridgehead atoms. The molecule has 27 heavy (non-hydrogen) atoms. The third-order valence-electron chi connectivity index (χ3n) is 4.75. The predicted molar refractivity (Wildman–Crippen MR) is 107 cm³/mol. The Morgan fingerprint density at radius 2 is 1.96 bits per heavy atom. The Morgan fingerprint density at radius 1 is 1.19 bits per heavy atom. The number of benzene rings is 2. The van der Waals surface area contributed by atoms with Crippen molar-refractivity contribution in [3.63, 3.8) is 0 Å². The highest BCUT2D eigenvalue weighted by Crippen LogP contribution is 2.38. The summed E-state index contributed by atoms with van der Waals surface area (Å²) in [5, 5.41) is 9.27. The number of aliphatic hydroxyl groups excluding tert-OH is 1. The second kappa shape index (κ2) is 9.15. The van der Waals surface area contributed by atoms with Gasteiger partial charge in [-0.15, -0.1) is 6.58 Å². The van der Waals surface area contributed by atoms with Crippen molar-refractivity contribution in [2.24, 2.45) is 0 Å². The summed E-state index contributed by atoms with van der Waals surface area (Å²) in [5.74, 6) is 0. The van der Waals surface area contributed by atoms with Gasteiger partial charge < -0.3 is 25.2 Å². The number of nitrogens with two attached hydrogens (primary N) is 1. The average Bonchev–Trinajstić information content (AvgIpc) is 2.68. The van der Waals surface area contributed by atoms with Crippen molar-refractivity contribution in [1.29, 1.82) is 0 Å². The van der Waals surface area contributed by atoms with Gasteiger partial charge in [0, 0.05) is 30.8 Å². The zero-order valence-electron chi connectivity index (χ0n) is 15.8. The van der Waals surface area contributed by atoms with Crippen LogP contribution in [0.2, 0.25) is 0 Å². The molecule has 5 heteroatoms. The quantitative estimate of drug-likeness (QED) is 0.579. The maximum absolute atomic E-state index is 9.27. The van der Waals surface area contributed by atoms with Gasteiger partial charge in [-0.05, 0) is 30.3 Å². The van der Waals surface area contributed by atoms with Gasteiger partial charge in [-0.1, -0.05) is 42.5 Å². The molecular weight excluding hydrogens is 340 g/mol. The fourth-order valence-corrected chi connectivity index (χ4v) is 3.38. The molecule has 1 aliphatic rings. The van der Waals surface area contributed by atoms with Gasteiger partial charge in [0.05, 0.1) is 18.8 Å². The summed E-state index contributed by atoms with van der Waals surface area (Å²) in [5.41, 5.74) is 9.53. The Kier molecular flexibility index (Phi) is 6.63. The van der Waals surface area contributed by atoms with E-state index in [9.17, 15) is 5.11 Å². The van der Waals surface area contributed by atoms with E-state index >= 15 is 0 Å². The number of nitrogen functional groups attached to an aromatic ring is 1. The minimum Gasteiger partial charge on any atom is -0.399 e. The Balaban J connectivity index is 1.82. The van der Waals surface area contributed by atoms with E-state index in [0.29, 0.717) is 5.69 Å². The molecule has 0 aromatic heterocycles. The van der Waals surface area contributed by atoms with E-state index in [1.165, 1.54) is 0 Å². The zero-order chi connectivity index (χ0) is 19.2. The van der Waals surface area contributed by atoms with Crippen molar-refractivity contribution >= 4 is 5.69 Å². The van der Waals surface area contributed by atoms with Crippen molar-refractivity contribution in [2.45, 2.75) is 31.5 Å². The average molecular weight is 368 g/mol. The minimum atomic E-state index is -0.466. The lowest BCUT2D eigenvalue weighted by molar-refractivity contribution is -0.252. The van der Waals surface area contributed by atoms with Crippen molar-refractivity contribution in [2.75, 3.05) is 25.9 Å². The van der Waals surface area contributed by atoms with Crippen molar-refractivity contribution in [1.82, 2.24) is 4.90 Å². The first kappa shape index (κ1) is 19.6. The van der Waals surface area contributed by atoms with E-state index in [4.69, 9.17) is 15.2 Å². The van der Waals surface area contributed by atoms with E-state index in [1.807, 2.05) is 54.6 Å². The molecule has 1 heterocycles. The Morgan fingerprint density at radius 3 is 2.63 bits per heavy atom. The number of hydrogen-bond acceptors (Lipinski definition) is 5. The van der Waals surface area contributed by atoms with Crippen LogP contribution in [-0.2, 0) is 16.1 Å². The molecule has 3 atom stereocenters. The van der Waals surface area contributed by atoms with Crippen LogP contribution in [0.1, 0.15) is 35.5 Å². The highest BCUT2D eigenvalue weighted by atomic mass is 16.7. The van der Waals surface area contributed by atoms with Crippen LogP contribution in [0.25, 0.3) is 0 Å². The topological polar surface area (TPSA) is 68.0 Å². The summed E-state index contributed by atoms with van der Waals surface area (Å²) in [6, 6.07) is 15.5. The number of likely N-dealkylation sites (N-methyl/N-ethyl adjacent to an activating group) is 1. The van der Waals surface area contributed by atoms with Crippen molar-refractivity contribution < 1.29 is 14.6 Å². The molecular formula is C22H28N2O3. The summed E-state index contributed by atoms with van der Waals surface area (Å²) in [6.45, 7) is 5.44. The van der Waals surface area contributed by atoms with Crippen LogP contribution >= 0.6 is 0 Å². The van der Waals surface area contributed by atoms with Gasteiger partial charge in [0.15, 0.2) is 6.29 Å². The number of rotatable bonds is 7. The van der Waals surface area contributed by atoms with Crippen LogP contribution in [0.4, 0.5) is 5.69 Å². The van der Waals surface area contributed by atoms with Crippen LogP contribution in [-0.4, -0.2) is 36.2 Å². The Hall–Kier alpha value is -2.18. The highest BCUT2D eigenvalue weighted by molar-refractivity contribution is 5.41. The number of hydrogen-bond donors (Lipinski definition) is 2. The van der Waals surface area contributed by atoms with Crippen LogP contribution in [0.5, 0.6) is 0 Å². The highest BCUT2D eigenvalue weighted by Gasteiger charge is 2.32. The van der Waals surface area contributed by atoms with Gasteiger partial charge in [0.2, 0.25) is 0 Å². The molecule has 2 aromatic carbocycles. The first-order chi connectivity index (χ1) is 13.1. The molecule has 0 radical (unpaired) electrons. The smallest absolute Gasteiger partial charge is 0.185 e. The monoisotopic (exact) mass is 368 g/mol. The molecule has 1 unspecified atom stereocenters. The second-order valence-electron chi connectivity index (χ2n) is 7.03. The third kappa shape index (κ3) is 5.17. The SMILES string of the molecule is C=CCN(C)C[C@@H]1C[C@H](c2ccc(CO)cc2)OC(c2cccc(N)c2)O1. The molecule has 3 rings (SSSR count). The maximum atomic E-state index is 9.27. The molecule has 5 nitrogen and oxygen atoms in total. The molecule has 1 fully saturated rings. The molecule has 3 N–H and O–H groups in total. The summed E-state index contributed by atoms with van der Waals surface area (Å²) < 4.78 is 12.5. The molecule has 1 saturated heterocycles. The van der Waals surface area contributed by atoms with Gasteiger partial charge >= 0.3 is 0 Å². The lowest BCUT2D eigenvalue weighted by atomic mass is 9.99. The molecule has 0 aliphatic carbocycles. The Labute approximate surface area is 161 Å². The molecule has 0 spiro atoms. The zero-order valence-corrected chi connectivity index (χ0v) is 15.8. The van der Waals surface area contributed by atoms with Crippen molar-refractivity contribution in [3.8, 4) is 0 Å².